The number of aromatic nitrogens is 1. The van der Waals surface area contributed by atoms with Crippen LogP contribution in [0.25, 0.3) is 0 Å². The quantitative estimate of drug-likeness (QED) is 0.281. The van der Waals surface area contributed by atoms with E-state index in [2.05, 4.69) is 4.98 Å². The van der Waals surface area contributed by atoms with Crippen molar-refractivity contribution in [1.82, 2.24) is 9.88 Å². The lowest BCUT2D eigenvalue weighted by atomic mass is 9.68. The number of H-pyrrole nitrogens is 1. The molecule has 1 aromatic carbocycles. The SMILES string of the molecule is O=C(O)CN1C(=O)[C@@H]2[C@H]3C[C@@H]([C@H]4Sc5[nH]c(=S)sc5[C@@H](c5ccc([N+](=O)[O-])cc5)[C@@H]34)[C@H]2C1=O. The summed E-state index contributed by atoms with van der Waals surface area (Å²) in [5.41, 5.74) is 0.932. The number of fused-ring (bicyclic) bond motifs is 9. The maximum absolute atomic E-state index is 13.1. The Balaban J connectivity index is 1.44. The van der Waals surface area contributed by atoms with Crippen molar-refractivity contribution < 1.29 is 24.4 Å². The second-order valence-electron chi connectivity index (χ2n) is 8.97. The number of nitrogens with one attached hydrogen (secondary N) is 1. The number of imide groups is 1. The Morgan fingerprint density at radius 2 is 1.88 bits per heavy atom. The molecule has 3 fully saturated rings. The zero-order chi connectivity index (χ0) is 23.2. The summed E-state index contributed by atoms with van der Waals surface area (Å²) >= 11 is 8.55. The molecule has 9 nitrogen and oxygen atoms in total. The van der Waals surface area contributed by atoms with Crippen LogP contribution in [0, 0.1) is 43.7 Å². The van der Waals surface area contributed by atoms with Gasteiger partial charge in [-0.2, -0.15) is 0 Å². The molecule has 33 heavy (non-hydrogen) atoms. The maximum Gasteiger partial charge on any atom is 0.323 e. The molecular formula is C21H17N3O6S3. The summed E-state index contributed by atoms with van der Waals surface area (Å²) in [5, 5.41) is 21.4. The van der Waals surface area contributed by atoms with E-state index in [9.17, 15) is 29.6 Å². The average Bonchev–Trinajstić information content (AvgIpc) is 3.49. The lowest BCUT2D eigenvalue weighted by molar-refractivity contribution is -0.384. The van der Waals surface area contributed by atoms with E-state index >= 15 is 0 Å². The molecule has 2 aromatic rings. The fraction of sp³-hybridized carbons (Fsp3) is 0.429. The molecule has 2 N–H and O–H groups in total. The zero-order valence-electron chi connectivity index (χ0n) is 16.9. The fourth-order valence-corrected chi connectivity index (χ4v) is 9.88. The van der Waals surface area contributed by atoms with Crippen molar-refractivity contribution in [2.75, 3.05) is 6.54 Å². The van der Waals surface area contributed by atoms with Gasteiger partial charge in [0.25, 0.3) is 5.69 Å². The van der Waals surface area contributed by atoms with Crippen molar-refractivity contribution in [2.24, 2.45) is 29.6 Å². The van der Waals surface area contributed by atoms with Gasteiger partial charge in [-0.05, 0) is 42.0 Å². The summed E-state index contributed by atoms with van der Waals surface area (Å²) in [5.74, 6) is -3.05. The first-order valence-corrected chi connectivity index (χ1v) is 12.6. The van der Waals surface area contributed by atoms with Crippen molar-refractivity contribution >= 4 is 58.8 Å². The highest BCUT2D eigenvalue weighted by Crippen LogP contribution is 2.68. The predicted octanol–water partition coefficient (Wildman–Crippen LogP) is 3.27. The van der Waals surface area contributed by atoms with Gasteiger partial charge in [0.2, 0.25) is 11.8 Å². The Morgan fingerprint density at radius 3 is 2.52 bits per heavy atom. The van der Waals surface area contributed by atoms with E-state index in [4.69, 9.17) is 12.2 Å². The molecule has 2 saturated carbocycles. The van der Waals surface area contributed by atoms with Gasteiger partial charge in [-0.15, -0.1) is 23.1 Å². The molecule has 0 unspecified atom stereocenters. The van der Waals surface area contributed by atoms with Crippen LogP contribution in [0.1, 0.15) is 22.8 Å². The van der Waals surface area contributed by atoms with Crippen molar-refractivity contribution in [3.8, 4) is 0 Å². The number of carboxylic acids is 1. The number of amides is 2. The fourth-order valence-electron chi connectivity index (χ4n) is 6.55. The first-order valence-electron chi connectivity index (χ1n) is 10.5. The third-order valence-corrected chi connectivity index (χ3v) is 10.5. The highest BCUT2D eigenvalue weighted by molar-refractivity contribution is 8.00. The van der Waals surface area contributed by atoms with Gasteiger partial charge in [0.15, 0.2) is 3.95 Å². The van der Waals surface area contributed by atoms with Crippen LogP contribution in [0.4, 0.5) is 5.69 Å². The summed E-state index contributed by atoms with van der Waals surface area (Å²) in [6.45, 7) is -0.598. The molecule has 2 amide bonds. The third kappa shape index (κ3) is 2.90. The first kappa shape index (κ1) is 21.0. The minimum atomic E-state index is -1.20. The molecule has 170 valence electrons. The largest absolute Gasteiger partial charge is 0.480 e. The molecule has 0 spiro atoms. The monoisotopic (exact) mass is 503 g/mol. The smallest absolute Gasteiger partial charge is 0.323 e. The number of nitrogens with zero attached hydrogens (tertiary/aromatic N) is 2. The van der Waals surface area contributed by atoms with Crippen molar-refractivity contribution in [3.63, 3.8) is 0 Å². The van der Waals surface area contributed by atoms with Gasteiger partial charge in [0.1, 0.15) is 6.54 Å². The van der Waals surface area contributed by atoms with Crippen LogP contribution >= 0.6 is 35.3 Å². The van der Waals surface area contributed by atoms with Crippen LogP contribution in [0.2, 0.25) is 0 Å². The molecule has 2 bridgehead atoms. The number of nitro groups is 1. The van der Waals surface area contributed by atoms with Crippen LogP contribution in [0.3, 0.4) is 0 Å². The molecule has 12 heteroatoms. The topological polar surface area (TPSA) is 134 Å². The highest BCUT2D eigenvalue weighted by Gasteiger charge is 2.69. The van der Waals surface area contributed by atoms with Gasteiger partial charge in [0.05, 0.1) is 21.8 Å². The van der Waals surface area contributed by atoms with E-state index in [1.807, 2.05) is 0 Å². The van der Waals surface area contributed by atoms with Gasteiger partial charge in [-0.1, -0.05) is 12.1 Å². The second kappa shape index (κ2) is 7.21. The van der Waals surface area contributed by atoms with E-state index in [0.29, 0.717) is 3.95 Å². The Morgan fingerprint density at radius 1 is 1.21 bits per heavy atom. The van der Waals surface area contributed by atoms with Crippen molar-refractivity contribution in [3.05, 3.63) is 48.8 Å². The molecule has 1 aromatic heterocycles. The Hall–Kier alpha value is -2.57. The number of thiazole rings is 1. The van der Waals surface area contributed by atoms with Crippen LogP contribution in [-0.2, 0) is 14.4 Å². The van der Waals surface area contributed by atoms with Crippen LogP contribution in [0.5, 0.6) is 0 Å². The van der Waals surface area contributed by atoms with E-state index in [1.165, 1.54) is 23.5 Å². The average molecular weight is 504 g/mol. The van der Waals surface area contributed by atoms with Crippen LogP contribution in [0.15, 0.2) is 29.3 Å². The number of likely N-dealkylation sites (tertiary alicyclic amines) is 1. The summed E-state index contributed by atoms with van der Waals surface area (Å²) in [6, 6.07) is 6.52. The standard InChI is InChI=1S/C21H17N3O6S3/c25-11(26)6-23-19(27)14-9-5-10(15(14)20(23)28)16-13(9)12(17-18(32-16)22-21(31)33-17)7-1-3-8(4-2-7)24(29)30/h1-4,9-10,12-16H,5-6H2,(H,22,31)(H,25,26)/t9-,10+,12-,13+,14+,15+,16+/m0/s1. The number of hydrogen-bond acceptors (Lipinski definition) is 8. The third-order valence-electron chi connectivity index (χ3n) is 7.57. The summed E-state index contributed by atoms with van der Waals surface area (Å²) in [4.78, 5) is 53.4. The molecule has 7 atom stereocenters. The molecular weight excluding hydrogens is 486 g/mol. The van der Waals surface area contributed by atoms with Crippen molar-refractivity contribution in [2.45, 2.75) is 22.6 Å². The molecule has 2 aliphatic carbocycles. The first-order chi connectivity index (χ1) is 15.8. The van der Waals surface area contributed by atoms with Crippen LogP contribution < -0.4 is 0 Å². The summed E-state index contributed by atoms with van der Waals surface area (Å²) in [6.07, 6.45) is 0.745. The van der Waals surface area contributed by atoms with Crippen molar-refractivity contribution in [1.29, 1.82) is 0 Å². The number of rotatable bonds is 4. The number of carboxylic acid groups (broad SMARTS) is 1. The number of aliphatic carboxylic acids is 1. The van der Waals surface area contributed by atoms with Crippen LogP contribution in [-0.4, -0.2) is 49.5 Å². The highest BCUT2D eigenvalue weighted by atomic mass is 32.2. The number of non-ortho nitro benzene ring substituents is 1. The molecule has 0 radical (unpaired) electrons. The van der Waals surface area contributed by atoms with Gasteiger partial charge < -0.3 is 10.1 Å². The second-order valence-corrected chi connectivity index (χ2v) is 11.9. The molecule has 1 saturated heterocycles. The number of carbonyl (C=O) groups excluding carboxylic acids is 2. The lowest BCUT2D eigenvalue weighted by Crippen LogP contribution is -2.42. The number of hydrogen-bond donors (Lipinski definition) is 2. The number of benzene rings is 1. The van der Waals surface area contributed by atoms with Gasteiger partial charge in [-0.3, -0.25) is 29.4 Å². The molecule has 2 aliphatic heterocycles. The Labute approximate surface area is 200 Å². The van der Waals surface area contributed by atoms with E-state index in [-0.39, 0.29) is 46.4 Å². The van der Waals surface area contributed by atoms with Gasteiger partial charge in [0, 0.05) is 28.2 Å². The minimum Gasteiger partial charge on any atom is -0.480 e. The van der Waals surface area contributed by atoms with E-state index in [1.54, 1.807) is 23.9 Å². The van der Waals surface area contributed by atoms with Gasteiger partial charge >= 0.3 is 5.97 Å². The number of nitro benzene ring substituents is 1. The number of thioether (sulfide) groups is 1. The minimum absolute atomic E-state index is 0.0105. The Kier molecular flexibility index (Phi) is 4.59. The number of carbonyl (C=O) groups is 3. The Bertz CT molecular complexity index is 1290. The zero-order valence-corrected chi connectivity index (χ0v) is 19.3. The van der Waals surface area contributed by atoms with E-state index in [0.717, 1.165) is 26.8 Å². The maximum atomic E-state index is 13.1. The van der Waals surface area contributed by atoms with E-state index < -0.39 is 29.3 Å². The molecule has 4 aliphatic rings. The van der Waals surface area contributed by atoms with Gasteiger partial charge in [-0.25, -0.2) is 0 Å². The molecule has 3 heterocycles. The molecule has 6 rings (SSSR count). The number of aromatic amines is 1. The normalized spacial score (nSPS) is 33.7. The summed E-state index contributed by atoms with van der Waals surface area (Å²) in [7, 11) is 0. The lowest BCUT2D eigenvalue weighted by Gasteiger charge is -2.43. The predicted molar refractivity (Wildman–Crippen MR) is 121 cm³/mol. The summed E-state index contributed by atoms with van der Waals surface area (Å²) < 4.78 is 0.645.